The molecule has 0 unspecified atom stereocenters. The predicted octanol–water partition coefficient (Wildman–Crippen LogP) is 4.42. The molecule has 1 heterocycles. The number of fused-ring (bicyclic) bond motifs is 1. The van der Waals surface area contributed by atoms with E-state index < -0.39 is 0 Å². The molecular weight excluding hydrogens is 431 g/mol. The number of guanidine groups is 1. The standard InChI is InChI=1S/C15H21ClN4S.HI/c1-5-17-14(20-15(2,3)4)18-9-13-19-11-8-10(16)6-7-12(11)21-13;/h6-8H,5,9H2,1-4H3,(H2,17,18,20);1H. The van der Waals surface area contributed by atoms with Crippen molar-refractivity contribution in [1.29, 1.82) is 0 Å². The Morgan fingerprint density at radius 3 is 2.73 bits per heavy atom. The van der Waals surface area contributed by atoms with Crippen molar-refractivity contribution in [2.45, 2.75) is 39.8 Å². The summed E-state index contributed by atoms with van der Waals surface area (Å²) in [6.45, 7) is 9.78. The van der Waals surface area contributed by atoms with Gasteiger partial charge in [-0.25, -0.2) is 9.98 Å². The van der Waals surface area contributed by atoms with E-state index >= 15 is 0 Å². The second kappa shape index (κ2) is 8.31. The Labute approximate surface area is 157 Å². The fourth-order valence-corrected chi connectivity index (χ4v) is 2.86. The number of hydrogen-bond donors (Lipinski definition) is 2. The second-order valence-electron chi connectivity index (χ2n) is 5.79. The molecule has 0 aliphatic heterocycles. The Morgan fingerprint density at radius 2 is 2.09 bits per heavy atom. The van der Waals surface area contributed by atoms with Crippen molar-refractivity contribution in [3.05, 3.63) is 28.2 Å². The lowest BCUT2D eigenvalue weighted by Gasteiger charge is -2.23. The molecule has 2 aromatic rings. The van der Waals surface area contributed by atoms with Crippen LogP contribution in [0.2, 0.25) is 5.02 Å². The van der Waals surface area contributed by atoms with E-state index in [1.54, 1.807) is 11.3 Å². The lowest BCUT2D eigenvalue weighted by Crippen LogP contribution is -2.47. The first-order valence-corrected chi connectivity index (χ1v) is 8.18. The lowest BCUT2D eigenvalue weighted by molar-refractivity contribution is 0.501. The van der Waals surface area contributed by atoms with Crippen LogP contribution < -0.4 is 10.6 Å². The molecule has 0 aliphatic rings. The number of nitrogens with one attached hydrogen (secondary N) is 2. The zero-order valence-electron chi connectivity index (χ0n) is 13.2. The van der Waals surface area contributed by atoms with Crippen molar-refractivity contribution in [1.82, 2.24) is 15.6 Å². The Bertz CT molecular complexity index is 649. The number of benzene rings is 1. The van der Waals surface area contributed by atoms with Crippen molar-refractivity contribution < 1.29 is 0 Å². The van der Waals surface area contributed by atoms with Crippen LogP contribution in [0.5, 0.6) is 0 Å². The maximum Gasteiger partial charge on any atom is 0.192 e. The van der Waals surface area contributed by atoms with Crippen molar-refractivity contribution in [2.75, 3.05) is 6.54 Å². The molecular formula is C15H22ClIN4S. The highest BCUT2D eigenvalue weighted by atomic mass is 127. The highest BCUT2D eigenvalue weighted by Crippen LogP contribution is 2.25. The van der Waals surface area contributed by atoms with Crippen LogP contribution >= 0.6 is 46.9 Å². The van der Waals surface area contributed by atoms with Crippen molar-refractivity contribution in [3.8, 4) is 0 Å². The molecule has 1 aromatic heterocycles. The number of rotatable bonds is 3. The summed E-state index contributed by atoms with van der Waals surface area (Å²) in [7, 11) is 0. The van der Waals surface area contributed by atoms with Crippen LogP contribution in [0.25, 0.3) is 10.2 Å². The monoisotopic (exact) mass is 452 g/mol. The molecule has 1 aromatic carbocycles. The molecule has 0 atom stereocenters. The number of thiazole rings is 1. The van der Waals surface area contributed by atoms with Crippen molar-refractivity contribution in [2.24, 2.45) is 4.99 Å². The summed E-state index contributed by atoms with van der Waals surface area (Å²) in [5, 5.41) is 8.31. The summed E-state index contributed by atoms with van der Waals surface area (Å²) in [5.74, 6) is 0.808. The average Bonchev–Trinajstić information content (AvgIpc) is 2.76. The highest BCUT2D eigenvalue weighted by Gasteiger charge is 2.12. The number of nitrogens with zero attached hydrogens (tertiary/aromatic N) is 2. The molecule has 0 saturated carbocycles. The zero-order chi connectivity index (χ0) is 15.5. The van der Waals surface area contributed by atoms with E-state index in [9.17, 15) is 0 Å². The molecule has 2 N–H and O–H groups in total. The number of aromatic nitrogens is 1. The maximum atomic E-state index is 5.99. The van der Waals surface area contributed by atoms with E-state index in [4.69, 9.17) is 11.6 Å². The van der Waals surface area contributed by atoms with Crippen LogP contribution in [-0.4, -0.2) is 23.0 Å². The Kier molecular flexibility index (Phi) is 7.34. The van der Waals surface area contributed by atoms with E-state index in [0.29, 0.717) is 11.6 Å². The largest absolute Gasteiger partial charge is 0.357 e. The van der Waals surface area contributed by atoms with Gasteiger partial charge < -0.3 is 10.6 Å². The number of hydrogen-bond acceptors (Lipinski definition) is 3. The maximum absolute atomic E-state index is 5.99. The van der Waals surface area contributed by atoms with Gasteiger partial charge >= 0.3 is 0 Å². The first kappa shape index (κ1) is 19.4. The molecule has 0 aliphatic carbocycles. The van der Waals surface area contributed by atoms with Gasteiger partial charge in [0.15, 0.2) is 5.96 Å². The lowest BCUT2D eigenvalue weighted by atomic mass is 10.1. The van der Waals surface area contributed by atoms with Crippen molar-refractivity contribution in [3.63, 3.8) is 0 Å². The van der Waals surface area contributed by atoms with E-state index in [1.807, 2.05) is 18.2 Å². The van der Waals surface area contributed by atoms with Gasteiger partial charge in [-0.2, -0.15) is 0 Å². The van der Waals surface area contributed by atoms with Gasteiger partial charge in [-0.15, -0.1) is 35.3 Å². The molecule has 0 spiro atoms. The molecule has 0 bridgehead atoms. The van der Waals surface area contributed by atoms with Crippen LogP contribution in [0.4, 0.5) is 0 Å². The SMILES string of the molecule is CCNC(=NCc1nc2cc(Cl)ccc2s1)NC(C)(C)C.I. The molecule has 22 heavy (non-hydrogen) atoms. The number of halogens is 2. The fourth-order valence-electron chi connectivity index (χ4n) is 1.82. The minimum atomic E-state index is -0.0257. The summed E-state index contributed by atoms with van der Waals surface area (Å²) in [6.07, 6.45) is 0. The van der Waals surface area contributed by atoms with Gasteiger partial charge in [0.2, 0.25) is 0 Å². The third kappa shape index (κ3) is 5.89. The average molecular weight is 453 g/mol. The Balaban J connectivity index is 0.00000242. The zero-order valence-corrected chi connectivity index (χ0v) is 17.1. The smallest absolute Gasteiger partial charge is 0.192 e. The van der Waals surface area contributed by atoms with E-state index in [2.05, 4.69) is 48.3 Å². The third-order valence-electron chi connectivity index (χ3n) is 2.60. The van der Waals surface area contributed by atoms with Crippen molar-refractivity contribution >= 4 is 63.1 Å². The summed E-state index contributed by atoms with van der Waals surface area (Å²) in [5.41, 5.74) is 0.911. The van der Waals surface area contributed by atoms with Crippen LogP contribution in [-0.2, 0) is 6.54 Å². The summed E-state index contributed by atoms with van der Waals surface area (Å²) in [6, 6.07) is 5.78. The summed E-state index contributed by atoms with van der Waals surface area (Å²) >= 11 is 7.64. The summed E-state index contributed by atoms with van der Waals surface area (Å²) < 4.78 is 1.14. The van der Waals surface area contributed by atoms with E-state index in [1.165, 1.54) is 0 Å². The molecule has 0 fully saturated rings. The van der Waals surface area contributed by atoms with Gasteiger partial charge in [-0.1, -0.05) is 11.6 Å². The van der Waals surface area contributed by atoms with E-state index in [0.717, 1.165) is 27.7 Å². The van der Waals surface area contributed by atoms with Gasteiger partial charge in [-0.3, -0.25) is 0 Å². The minimum Gasteiger partial charge on any atom is -0.357 e. The summed E-state index contributed by atoms with van der Waals surface area (Å²) in [4.78, 5) is 9.17. The molecule has 2 rings (SSSR count). The first-order valence-electron chi connectivity index (χ1n) is 6.99. The third-order valence-corrected chi connectivity index (χ3v) is 3.86. The molecule has 122 valence electrons. The minimum absolute atomic E-state index is 0. The van der Waals surface area contributed by atoms with Crippen LogP contribution in [0.3, 0.4) is 0 Å². The van der Waals surface area contributed by atoms with Gasteiger partial charge in [0.05, 0.1) is 16.8 Å². The van der Waals surface area contributed by atoms with Gasteiger partial charge in [0.25, 0.3) is 0 Å². The van der Waals surface area contributed by atoms with Crippen LogP contribution in [0.15, 0.2) is 23.2 Å². The predicted molar refractivity (Wildman–Crippen MR) is 108 cm³/mol. The normalized spacial score (nSPS) is 12.1. The van der Waals surface area contributed by atoms with Crippen LogP contribution in [0, 0.1) is 0 Å². The topological polar surface area (TPSA) is 49.3 Å². The quantitative estimate of drug-likeness (QED) is 0.412. The highest BCUT2D eigenvalue weighted by molar-refractivity contribution is 14.0. The molecule has 4 nitrogen and oxygen atoms in total. The molecule has 0 radical (unpaired) electrons. The molecule has 0 amide bonds. The van der Waals surface area contributed by atoms with E-state index in [-0.39, 0.29) is 29.5 Å². The van der Waals surface area contributed by atoms with Gasteiger partial charge in [-0.05, 0) is 45.9 Å². The van der Waals surface area contributed by atoms with Gasteiger partial charge in [0.1, 0.15) is 5.01 Å². The second-order valence-corrected chi connectivity index (χ2v) is 7.34. The Morgan fingerprint density at radius 1 is 1.36 bits per heavy atom. The first-order chi connectivity index (χ1) is 9.87. The Hall–Kier alpha value is -0.600. The molecule has 7 heteroatoms. The molecule has 0 saturated heterocycles. The fraction of sp³-hybridized carbons (Fsp3) is 0.467. The van der Waals surface area contributed by atoms with Crippen LogP contribution in [0.1, 0.15) is 32.7 Å². The number of aliphatic imine (C=N–C) groups is 1. The van der Waals surface area contributed by atoms with Gasteiger partial charge in [0, 0.05) is 17.1 Å².